The van der Waals surface area contributed by atoms with Crippen LogP contribution in [0.1, 0.15) is 6.42 Å². The largest absolute Gasteiger partial charge is 0.465 e. The molecule has 1 aromatic carbocycles. The second-order valence-electron chi connectivity index (χ2n) is 6.13. The van der Waals surface area contributed by atoms with E-state index in [9.17, 15) is 9.59 Å². The zero-order chi connectivity index (χ0) is 20.6. The molecule has 1 unspecified atom stereocenters. The summed E-state index contributed by atoms with van der Waals surface area (Å²) >= 11 is 1.28. The fourth-order valence-corrected chi connectivity index (χ4v) is 3.43. The number of carbonyl (C=O) groups is 2. The fourth-order valence-electron chi connectivity index (χ4n) is 2.71. The third-order valence-corrected chi connectivity index (χ3v) is 4.89. The maximum Gasteiger partial charge on any atom is 0.405 e. The van der Waals surface area contributed by atoms with Crippen molar-refractivity contribution < 1.29 is 19.4 Å². The molecule has 2 amide bonds. The number of amides is 2. The second kappa shape index (κ2) is 9.76. The van der Waals surface area contributed by atoms with Crippen LogP contribution in [-0.4, -0.2) is 46.8 Å². The first-order valence-electron chi connectivity index (χ1n) is 8.82. The van der Waals surface area contributed by atoms with Crippen molar-refractivity contribution in [1.29, 1.82) is 0 Å². The van der Waals surface area contributed by atoms with E-state index < -0.39 is 18.0 Å². The quantitative estimate of drug-likeness (QED) is 0.522. The van der Waals surface area contributed by atoms with Gasteiger partial charge in [-0.1, -0.05) is 18.2 Å². The first kappa shape index (κ1) is 20.4. The molecule has 1 atom stereocenters. The van der Waals surface area contributed by atoms with Gasteiger partial charge in [-0.25, -0.2) is 9.78 Å². The Balaban J connectivity index is 1.73. The summed E-state index contributed by atoms with van der Waals surface area (Å²) in [6.45, 7) is 0.253. The number of methoxy groups -OCH3 is 1. The fraction of sp³-hybridized carbons (Fsp3) is 0.200. The summed E-state index contributed by atoms with van der Waals surface area (Å²) in [7, 11) is 1.49. The Kier molecular flexibility index (Phi) is 6.88. The van der Waals surface area contributed by atoms with Crippen molar-refractivity contribution >= 4 is 28.5 Å². The predicted molar refractivity (Wildman–Crippen MR) is 111 cm³/mol. The molecule has 2 heterocycles. The maximum atomic E-state index is 12.4. The topological polar surface area (TPSA) is 113 Å². The summed E-state index contributed by atoms with van der Waals surface area (Å²) in [6, 6.07) is 10.9. The minimum absolute atomic E-state index is 0.223. The van der Waals surface area contributed by atoms with Gasteiger partial charge in [-0.05, 0) is 29.3 Å². The van der Waals surface area contributed by atoms with Gasteiger partial charge in [0.15, 0.2) is 5.13 Å². The number of aromatic nitrogens is 2. The van der Waals surface area contributed by atoms with Crippen molar-refractivity contribution in [2.45, 2.75) is 12.5 Å². The Morgan fingerprint density at radius 3 is 2.66 bits per heavy atom. The highest BCUT2D eigenvalue weighted by atomic mass is 32.1. The number of thiazole rings is 1. The molecule has 0 fully saturated rings. The average molecular weight is 412 g/mol. The third-order valence-electron chi connectivity index (χ3n) is 4.13. The minimum atomic E-state index is -1.27. The van der Waals surface area contributed by atoms with Crippen molar-refractivity contribution in [3.63, 3.8) is 0 Å². The molecule has 3 rings (SSSR count). The summed E-state index contributed by atoms with van der Waals surface area (Å²) in [5, 5.41) is 16.0. The lowest BCUT2D eigenvalue weighted by Gasteiger charge is -2.15. The summed E-state index contributed by atoms with van der Waals surface area (Å²) in [4.78, 5) is 31.8. The smallest absolute Gasteiger partial charge is 0.405 e. The van der Waals surface area contributed by atoms with Crippen LogP contribution in [0.15, 0.2) is 54.2 Å². The molecule has 150 valence electrons. The van der Waals surface area contributed by atoms with Gasteiger partial charge < -0.3 is 20.5 Å². The van der Waals surface area contributed by atoms with Gasteiger partial charge in [0.25, 0.3) is 0 Å². The average Bonchev–Trinajstić information content (AvgIpc) is 3.20. The van der Waals surface area contributed by atoms with Gasteiger partial charge in [-0.3, -0.25) is 9.78 Å². The molecular formula is C20H20N4O4S. The van der Waals surface area contributed by atoms with Crippen LogP contribution in [0, 0.1) is 0 Å². The molecule has 2 aromatic heterocycles. The van der Waals surface area contributed by atoms with Crippen molar-refractivity contribution in [2.24, 2.45) is 0 Å². The molecule has 0 aliphatic rings. The van der Waals surface area contributed by atoms with E-state index in [2.05, 4.69) is 20.6 Å². The normalized spacial score (nSPS) is 11.6. The van der Waals surface area contributed by atoms with E-state index in [0.717, 1.165) is 22.4 Å². The lowest BCUT2D eigenvalue weighted by molar-refractivity contribution is -0.118. The van der Waals surface area contributed by atoms with Gasteiger partial charge in [-0.15, -0.1) is 11.3 Å². The summed E-state index contributed by atoms with van der Waals surface area (Å²) in [5.74, 6) is -0.476. The first-order chi connectivity index (χ1) is 14.1. The van der Waals surface area contributed by atoms with Crippen LogP contribution in [0.3, 0.4) is 0 Å². The number of benzene rings is 1. The van der Waals surface area contributed by atoms with E-state index in [1.54, 1.807) is 12.4 Å². The molecule has 0 saturated heterocycles. The molecule has 8 nitrogen and oxygen atoms in total. The number of hydrogen-bond acceptors (Lipinski definition) is 6. The second-order valence-corrected chi connectivity index (χ2v) is 6.99. The van der Waals surface area contributed by atoms with Gasteiger partial charge in [0.2, 0.25) is 5.91 Å². The van der Waals surface area contributed by atoms with Gasteiger partial charge >= 0.3 is 6.09 Å². The lowest BCUT2D eigenvalue weighted by Crippen LogP contribution is -2.43. The number of hydrogen-bond donors (Lipinski definition) is 3. The molecule has 3 N–H and O–H groups in total. The molecule has 0 aliphatic carbocycles. The summed E-state index contributed by atoms with van der Waals surface area (Å²) < 4.78 is 4.93. The van der Waals surface area contributed by atoms with Crippen LogP contribution in [0.4, 0.5) is 9.93 Å². The SMILES string of the molecule is COCCC(NC(=O)O)C(=O)Nc1nc(-c2cccc(-c3ccncc3)c2)cs1. The van der Waals surface area contributed by atoms with Crippen molar-refractivity contribution in [3.05, 3.63) is 54.2 Å². The highest BCUT2D eigenvalue weighted by Gasteiger charge is 2.21. The minimum Gasteiger partial charge on any atom is -0.465 e. The van der Waals surface area contributed by atoms with E-state index in [0.29, 0.717) is 5.13 Å². The van der Waals surface area contributed by atoms with Crippen LogP contribution >= 0.6 is 11.3 Å². The summed E-state index contributed by atoms with van der Waals surface area (Å²) in [5.41, 5.74) is 3.72. The molecule has 0 aliphatic heterocycles. The standard InChI is InChI=1S/C20H20N4O4S/c1-28-10-7-16(23-20(26)27)18(25)24-19-22-17(12-29-19)15-4-2-3-14(11-15)13-5-8-21-9-6-13/h2-6,8-9,11-12,16,23H,7,10H2,1H3,(H,26,27)(H,22,24,25). The molecular weight excluding hydrogens is 392 g/mol. The summed E-state index contributed by atoms with van der Waals surface area (Å²) in [6.07, 6.45) is 2.43. The van der Waals surface area contributed by atoms with Gasteiger partial charge in [0.05, 0.1) is 5.69 Å². The van der Waals surface area contributed by atoms with Gasteiger partial charge in [0, 0.05) is 43.5 Å². The van der Waals surface area contributed by atoms with Gasteiger partial charge in [-0.2, -0.15) is 0 Å². The third kappa shape index (κ3) is 5.59. The number of nitrogens with zero attached hydrogens (tertiary/aromatic N) is 2. The van der Waals surface area contributed by atoms with Crippen LogP contribution in [-0.2, 0) is 9.53 Å². The van der Waals surface area contributed by atoms with Crippen LogP contribution < -0.4 is 10.6 Å². The number of ether oxygens (including phenoxy) is 1. The van der Waals surface area contributed by atoms with E-state index in [-0.39, 0.29) is 13.0 Å². The van der Waals surface area contributed by atoms with Crippen molar-refractivity contribution in [2.75, 3.05) is 19.0 Å². The molecule has 29 heavy (non-hydrogen) atoms. The maximum absolute atomic E-state index is 12.4. The first-order valence-corrected chi connectivity index (χ1v) is 9.70. The van der Waals surface area contributed by atoms with E-state index in [1.807, 2.05) is 41.8 Å². The van der Waals surface area contributed by atoms with Crippen molar-refractivity contribution in [3.8, 4) is 22.4 Å². The van der Waals surface area contributed by atoms with Crippen LogP contribution in [0.25, 0.3) is 22.4 Å². The zero-order valence-electron chi connectivity index (χ0n) is 15.7. The van der Waals surface area contributed by atoms with E-state index in [4.69, 9.17) is 9.84 Å². The Morgan fingerprint density at radius 1 is 1.17 bits per heavy atom. The Labute approximate surface area is 171 Å². The lowest BCUT2D eigenvalue weighted by atomic mass is 10.0. The number of carboxylic acid groups (broad SMARTS) is 1. The molecule has 9 heteroatoms. The highest BCUT2D eigenvalue weighted by molar-refractivity contribution is 7.14. The van der Waals surface area contributed by atoms with Crippen LogP contribution in [0.5, 0.6) is 0 Å². The molecule has 0 spiro atoms. The number of pyridine rings is 1. The molecule has 0 bridgehead atoms. The number of nitrogens with one attached hydrogen (secondary N) is 2. The molecule has 0 radical (unpaired) electrons. The van der Waals surface area contributed by atoms with Gasteiger partial charge in [0.1, 0.15) is 6.04 Å². The van der Waals surface area contributed by atoms with Crippen molar-refractivity contribution in [1.82, 2.24) is 15.3 Å². The van der Waals surface area contributed by atoms with Crippen LogP contribution in [0.2, 0.25) is 0 Å². The Morgan fingerprint density at radius 2 is 1.93 bits per heavy atom. The Bertz CT molecular complexity index is 977. The monoisotopic (exact) mass is 412 g/mol. The number of anilines is 1. The van der Waals surface area contributed by atoms with E-state index >= 15 is 0 Å². The number of carbonyl (C=O) groups excluding carboxylic acids is 1. The zero-order valence-corrected chi connectivity index (χ0v) is 16.5. The van der Waals surface area contributed by atoms with E-state index in [1.165, 1.54) is 18.4 Å². The Hall–Kier alpha value is -3.30. The molecule has 3 aromatic rings. The molecule has 0 saturated carbocycles. The number of rotatable bonds is 8. The predicted octanol–water partition coefficient (Wildman–Crippen LogP) is 3.48. The highest BCUT2D eigenvalue weighted by Crippen LogP contribution is 2.28.